The lowest BCUT2D eigenvalue weighted by Crippen LogP contribution is -2.70. The van der Waals surface area contributed by atoms with Crippen molar-refractivity contribution in [3.63, 3.8) is 0 Å². The number of carbonyl (C=O) groups excluding carboxylic acids is 1. The predicted octanol–water partition coefficient (Wildman–Crippen LogP) is 10.1. The number of hydrogen-bond donors (Lipinski definition) is 2. The maximum atomic E-state index is 14.6. The molecular weight excluding hydrogens is 817 g/mol. The average Bonchev–Trinajstić information content (AvgIpc) is 3.32. The number of nitrogens with zero attached hydrogens (tertiary/aromatic N) is 2. The highest BCUT2D eigenvalue weighted by Crippen LogP contribution is 2.62. The third-order valence-electron chi connectivity index (χ3n) is 12.7. The molecule has 7 atom stereocenters. The summed E-state index contributed by atoms with van der Waals surface area (Å²) in [7, 11) is 0. The number of aliphatic hydroxyl groups excluding tert-OH is 2. The average molecular weight is 883 g/mol. The molecule has 7 rings (SSSR count). The van der Waals surface area contributed by atoms with Gasteiger partial charge in [-0.15, -0.1) is 18.3 Å². The lowest BCUT2D eigenvalue weighted by atomic mass is 9.55. The molecule has 2 heterocycles. The quantitative estimate of drug-likeness (QED) is 0.0411. The van der Waals surface area contributed by atoms with Gasteiger partial charge in [0.05, 0.1) is 31.5 Å². The number of aliphatic hydroxyl groups is 2. The van der Waals surface area contributed by atoms with Crippen molar-refractivity contribution in [1.29, 1.82) is 0 Å². The molecular formula is C51H66N2O9S. The van der Waals surface area contributed by atoms with Crippen molar-refractivity contribution in [2.75, 3.05) is 45.3 Å². The van der Waals surface area contributed by atoms with Crippen LogP contribution in [-0.2, 0) is 25.7 Å². The molecule has 340 valence electrons. The molecule has 2 aliphatic carbocycles. The fraction of sp³-hybridized carbons (Fsp3) is 0.529. The Morgan fingerprint density at radius 1 is 1.00 bits per heavy atom. The fourth-order valence-electron chi connectivity index (χ4n) is 9.91. The molecule has 0 bridgehead atoms. The summed E-state index contributed by atoms with van der Waals surface area (Å²) < 4.78 is 33.1. The van der Waals surface area contributed by atoms with Gasteiger partial charge >= 0.3 is 6.09 Å². The Kier molecular flexibility index (Phi) is 17.4. The Morgan fingerprint density at radius 3 is 2.51 bits per heavy atom. The Hall–Kier alpha value is -4.33. The van der Waals surface area contributed by atoms with E-state index in [4.69, 9.17) is 33.7 Å². The normalized spacial score (nSPS) is 25.5. The molecule has 1 unspecified atom stereocenters. The van der Waals surface area contributed by atoms with Crippen LogP contribution in [0.2, 0.25) is 0 Å². The Morgan fingerprint density at radius 2 is 1.78 bits per heavy atom. The third kappa shape index (κ3) is 11.5. The van der Waals surface area contributed by atoms with E-state index in [1.165, 1.54) is 4.90 Å². The summed E-state index contributed by atoms with van der Waals surface area (Å²) in [5, 5.41) is 24.9. The molecule has 2 N–H and O–H groups in total. The second-order valence-corrected chi connectivity index (χ2v) is 18.1. The number of allylic oxidation sites excluding steroid dienone is 1. The van der Waals surface area contributed by atoms with E-state index < -0.39 is 30.1 Å². The number of oxime groups is 1. The smallest absolute Gasteiger partial charge is 0.410 e. The molecule has 1 amide bonds. The number of amides is 1. The van der Waals surface area contributed by atoms with Crippen LogP contribution >= 0.6 is 11.8 Å². The van der Waals surface area contributed by atoms with E-state index in [0.717, 1.165) is 78.9 Å². The molecule has 0 radical (unpaired) electrons. The molecule has 1 saturated heterocycles. The van der Waals surface area contributed by atoms with Crippen LogP contribution in [0.5, 0.6) is 11.5 Å². The number of unbranched alkanes of at least 4 members (excludes halogenated alkanes) is 2. The van der Waals surface area contributed by atoms with E-state index in [0.29, 0.717) is 44.8 Å². The zero-order valence-electron chi connectivity index (χ0n) is 36.8. The van der Waals surface area contributed by atoms with Gasteiger partial charge < -0.3 is 38.7 Å². The number of thioether (sulfide) groups is 1. The van der Waals surface area contributed by atoms with Gasteiger partial charge in [-0.3, -0.25) is 4.90 Å². The highest BCUT2D eigenvalue weighted by molar-refractivity contribution is 7.99. The first-order valence-electron chi connectivity index (χ1n) is 23.1. The first-order valence-corrected chi connectivity index (χ1v) is 24.1. The van der Waals surface area contributed by atoms with Crippen molar-refractivity contribution in [3.05, 3.63) is 114 Å². The van der Waals surface area contributed by atoms with Crippen molar-refractivity contribution in [1.82, 2.24) is 4.90 Å². The van der Waals surface area contributed by atoms with Crippen molar-refractivity contribution >= 4 is 23.6 Å². The molecule has 3 aromatic rings. The van der Waals surface area contributed by atoms with Gasteiger partial charge in [-0.05, 0) is 98.2 Å². The highest BCUT2D eigenvalue weighted by atomic mass is 32.2. The van der Waals surface area contributed by atoms with Crippen molar-refractivity contribution in [2.45, 2.75) is 113 Å². The van der Waals surface area contributed by atoms with Gasteiger partial charge in [0.15, 0.2) is 0 Å². The van der Waals surface area contributed by atoms with E-state index in [9.17, 15) is 15.0 Å². The molecule has 0 aromatic heterocycles. The standard InChI is InChI=1S/C51H66N2O9S/c1-3-26-53(50(56)59-36-37-17-7-5-8-18-37)46-35-44(52-62-47-23-13-16-30-58-47)42-33-38(19-11-14-27-54)41(22-12-15-28-55)48-43-34-39(57-31-32-63-40-20-9-6-10-21-40)24-25-45(43)61-51(46,49(42)48)60-29-4-2/h4-10,17-18,20-21,24-25,33-34,38,41,46-49,54-55H,2-3,11-16,19,22-23,26-32,35-36H2,1H3/t38-,41+,46-,47?,48+,49+,51+/m0/s1. The summed E-state index contributed by atoms with van der Waals surface area (Å²) in [4.78, 5) is 23.9. The minimum absolute atomic E-state index is 0.0921. The van der Waals surface area contributed by atoms with Gasteiger partial charge in [0.2, 0.25) is 12.1 Å². The van der Waals surface area contributed by atoms with E-state index >= 15 is 0 Å². The maximum Gasteiger partial charge on any atom is 0.410 e. The number of hydrogen-bond acceptors (Lipinski definition) is 11. The van der Waals surface area contributed by atoms with E-state index in [-0.39, 0.29) is 50.6 Å². The van der Waals surface area contributed by atoms with Crippen LogP contribution in [0, 0.1) is 17.8 Å². The number of benzene rings is 3. The van der Waals surface area contributed by atoms with Crippen LogP contribution in [0.1, 0.15) is 94.6 Å². The van der Waals surface area contributed by atoms with Crippen LogP contribution in [0.25, 0.3) is 0 Å². The van der Waals surface area contributed by atoms with Crippen LogP contribution in [0.4, 0.5) is 4.79 Å². The summed E-state index contributed by atoms with van der Waals surface area (Å²) >= 11 is 1.76. The van der Waals surface area contributed by atoms with E-state index in [1.807, 2.05) is 60.7 Å². The fourth-order valence-corrected chi connectivity index (χ4v) is 10.7. The molecule has 2 aliphatic heterocycles. The third-order valence-corrected chi connectivity index (χ3v) is 13.7. The monoisotopic (exact) mass is 882 g/mol. The molecule has 12 heteroatoms. The number of carbonyl (C=O) groups is 1. The largest absolute Gasteiger partial charge is 0.493 e. The summed E-state index contributed by atoms with van der Waals surface area (Å²) in [6.45, 7) is 8.17. The van der Waals surface area contributed by atoms with Crippen LogP contribution in [0.3, 0.4) is 0 Å². The van der Waals surface area contributed by atoms with Gasteiger partial charge in [0.1, 0.15) is 24.1 Å². The van der Waals surface area contributed by atoms with Gasteiger partial charge in [-0.2, -0.15) is 0 Å². The van der Waals surface area contributed by atoms with Crippen LogP contribution in [0.15, 0.2) is 113 Å². The minimum Gasteiger partial charge on any atom is -0.493 e. The Bertz CT molecular complexity index is 1960. The van der Waals surface area contributed by atoms with Crippen molar-refractivity contribution in [2.24, 2.45) is 22.9 Å². The van der Waals surface area contributed by atoms with Gasteiger partial charge in [-0.25, -0.2) is 4.79 Å². The molecule has 2 fully saturated rings. The van der Waals surface area contributed by atoms with Crippen molar-refractivity contribution in [3.8, 4) is 11.5 Å². The highest BCUT2D eigenvalue weighted by Gasteiger charge is 2.65. The summed E-state index contributed by atoms with van der Waals surface area (Å²) in [5.41, 5.74) is 3.62. The first-order chi connectivity index (χ1) is 31.0. The molecule has 11 nitrogen and oxygen atoms in total. The van der Waals surface area contributed by atoms with E-state index in [1.54, 1.807) is 22.7 Å². The molecule has 63 heavy (non-hydrogen) atoms. The Labute approximate surface area is 377 Å². The number of fused-ring (bicyclic) bond motifs is 2. The first kappa shape index (κ1) is 46.7. The zero-order valence-corrected chi connectivity index (χ0v) is 37.6. The minimum atomic E-state index is -1.38. The molecule has 1 saturated carbocycles. The van der Waals surface area contributed by atoms with Crippen LogP contribution < -0.4 is 9.47 Å². The summed E-state index contributed by atoms with van der Waals surface area (Å²) in [6.07, 6.45) is 11.6. The van der Waals surface area contributed by atoms with E-state index in [2.05, 4.69) is 37.8 Å². The number of rotatable bonds is 23. The maximum absolute atomic E-state index is 14.6. The van der Waals surface area contributed by atoms with Crippen molar-refractivity contribution < 1.29 is 43.5 Å². The molecule has 3 aromatic carbocycles. The number of ether oxygens (including phenoxy) is 5. The zero-order chi connectivity index (χ0) is 43.9. The lowest BCUT2D eigenvalue weighted by molar-refractivity contribution is -0.255. The lowest BCUT2D eigenvalue weighted by Gasteiger charge is -2.60. The Balaban J connectivity index is 1.35. The van der Waals surface area contributed by atoms with Gasteiger partial charge in [-0.1, -0.05) is 85.6 Å². The molecule has 4 aliphatic rings. The predicted molar refractivity (Wildman–Crippen MR) is 246 cm³/mol. The van der Waals surface area contributed by atoms with Gasteiger partial charge in [0.25, 0.3) is 0 Å². The van der Waals surface area contributed by atoms with Gasteiger partial charge in [0, 0.05) is 54.7 Å². The second-order valence-electron chi connectivity index (χ2n) is 16.9. The second kappa shape index (κ2) is 23.6. The SMILES string of the molecule is C=CCO[C@@]12Oc3ccc(OCCSc4ccccc4)cc3[C@H]3[C@H](CCCCO)[C@@H](CCCCO)C=C(C(=NOC4CCCCO4)C[C@@H]1N(CCC)C(=O)OCc1ccccc1)[C@H]32. The summed E-state index contributed by atoms with van der Waals surface area (Å²) in [5.74, 6) is 0.443. The summed E-state index contributed by atoms with van der Waals surface area (Å²) in [6, 6.07) is 25.5. The topological polar surface area (TPSA) is 129 Å². The molecule has 0 spiro atoms. The van der Waals surface area contributed by atoms with Crippen LogP contribution in [-0.4, -0.2) is 90.4 Å².